The first-order chi connectivity index (χ1) is 19.7. The SMILES string of the molecule is CCCC1(CCC)CC(OC)CC(CCC)(CCC)N1ON1C(CCC)(CCC)CC(OC)CC1(CCC)CCC. The first-order valence-corrected chi connectivity index (χ1v) is 18.1. The van der Waals surface area contributed by atoms with E-state index < -0.39 is 0 Å². The van der Waals surface area contributed by atoms with Gasteiger partial charge in [-0.15, -0.1) is 0 Å². The van der Waals surface area contributed by atoms with Crippen molar-refractivity contribution in [1.29, 1.82) is 0 Å². The molecular weight excluding hydrogens is 508 g/mol. The van der Waals surface area contributed by atoms with E-state index >= 15 is 0 Å². The molecule has 41 heavy (non-hydrogen) atoms. The average molecular weight is 581 g/mol. The average Bonchev–Trinajstić information content (AvgIpc) is 2.93. The summed E-state index contributed by atoms with van der Waals surface area (Å²) in [4.78, 5) is 7.96. The smallest absolute Gasteiger partial charge is 0.0608 e. The van der Waals surface area contributed by atoms with Gasteiger partial charge < -0.3 is 9.47 Å². The third-order valence-electron chi connectivity index (χ3n) is 10.7. The molecule has 2 saturated heterocycles. The minimum atomic E-state index is -0.0147. The van der Waals surface area contributed by atoms with Crippen LogP contribution in [0.2, 0.25) is 0 Å². The topological polar surface area (TPSA) is 34.2 Å². The van der Waals surface area contributed by atoms with E-state index in [1.807, 2.05) is 14.2 Å². The molecule has 2 aliphatic rings. The first-order valence-electron chi connectivity index (χ1n) is 18.1. The Balaban J connectivity index is 2.89. The van der Waals surface area contributed by atoms with Crippen LogP contribution >= 0.6 is 0 Å². The Kier molecular flexibility index (Phi) is 15.6. The van der Waals surface area contributed by atoms with Crippen LogP contribution in [-0.2, 0) is 14.4 Å². The minimum absolute atomic E-state index is 0.0147. The third kappa shape index (κ3) is 8.10. The van der Waals surface area contributed by atoms with Crippen LogP contribution in [0.4, 0.5) is 0 Å². The molecule has 0 aromatic carbocycles. The van der Waals surface area contributed by atoms with Crippen molar-refractivity contribution in [3.05, 3.63) is 0 Å². The molecule has 0 atom stereocenters. The zero-order valence-electron chi connectivity index (χ0n) is 29.4. The quantitative estimate of drug-likeness (QED) is 0.143. The maximum atomic E-state index is 7.96. The second-order valence-electron chi connectivity index (χ2n) is 14.1. The monoisotopic (exact) mass is 581 g/mol. The lowest BCUT2D eigenvalue weighted by Crippen LogP contribution is -2.73. The standard InChI is InChI=1S/C36H72N2O3/c1-11-19-33(20-12-2)27-31(39-9)28-34(21-13-3,22-14-4)37(33)41-38-35(23-15-5,24-16-6)29-32(40-10)30-36(38,25-17-7)26-18-8/h31-32H,11-30H2,1-10H3. The van der Waals surface area contributed by atoms with Crippen molar-refractivity contribution in [1.82, 2.24) is 10.1 Å². The van der Waals surface area contributed by atoms with Gasteiger partial charge in [-0.2, -0.15) is 10.1 Å². The van der Waals surface area contributed by atoms with Gasteiger partial charge in [0.25, 0.3) is 0 Å². The number of methoxy groups -OCH3 is 2. The molecule has 0 radical (unpaired) electrons. The van der Waals surface area contributed by atoms with Crippen molar-refractivity contribution in [3.63, 3.8) is 0 Å². The number of nitrogens with zero attached hydrogens (tertiary/aromatic N) is 2. The maximum absolute atomic E-state index is 7.96. The molecule has 5 heteroatoms. The van der Waals surface area contributed by atoms with Crippen LogP contribution in [0.15, 0.2) is 0 Å². The predicted molar refractivity (Wildman–Crippen MR) is 175 cm³/mol. The zero-order chi connectivity index (χ0) is 30.6. The molecule has 0 unspecified atom stereocenters. The van der Waals surface area contributed by atoms with Gasteiger partial charge >= 0.3 is 0 Å². The fourth-order valence-electron chi connectivity index (χ4n) is 9.79. The summed E-state index contributed by atoms with van der Waals surface area (Å²) in [7, 11) is 3.89. The van der Waals surface area contributed by atoms with Crippen molar-refractivity contribution in [2.24, 2.45) is 0 Å². The van der Waals surface area contributed by atoms with Crippen molar-refractivity contribution >= 4 is 0 Å². The Labute approximate surface area is 256 Å². The molecule has 0 saturated carbocycles. The molecule has 2 heterocycles. The predicted octanol–water partition coefficient (Wildman–Crippen LogP) is 10.4. The minimum Gasteiger partial charge on any atom is -0.381 e. The molecule has 0 amide bonds. The largest absolute Gasteiger partial charge is 0.381 e. The molecule has 0 N–H and O–H groups in total. The number of hydrogen-bond acceptors (Lipinski definition) is 5. The molecule has 244 valence electrons. The van der Waals surface area contributed by atoms with Crippen molar-refractivity contribution in [2.75, 3.05) is 14.2 Å². The van der Waals surface area contributed by atoms with Gasteiger partial charge in [-0.05, 0) is 77.0 Å². The van der Waals surface area contributed by atoms with E-state index in [0.29, 0.717) is 0 Å². The summed E-state index contributed by atoms with van der Waals surface area (Å²) in [6.45, 7) is 19.0. The fourth-order valence-corrected chi connectivity index (χ4v) is 9.79. The van der Waals surface area contributed by atoms with Gasteiger partial charge in [0, 0.05) is 14.2 Å². The van der Waals surface area contributed by atoms with Gasteiger partial charge in [-0.3, -0.25) is 0 Å². The highest BCUT2D eigenvalue weighted by Gasteiger charge is 2.60. The van der Waals surface area contributed by atoms with Gasteiger partial charge in [-0.25, -0.2) is 4.94 Å². The van der Waals surface area contributed by atoms with Crippen molar-refractivity contribution in [2.45, 2.75) is 218 Å². The molecular formula is C36H72N2O3. The molecule has 0 spiro atoms. The lowest BCUT2D eigenvalue weighted by molar-refractivity contribution is -0.467. The number of piperidine rings is 2. The molecule has 0 bridgehead atoms. The Morgan fingerprint density at radius 3 is 0.756 bits per heavy atom. The van der Waals surface area contributed by atoms with E-state index in [1.54, 1.807) is 0 Å². The van der Waals surface area contributed by atoms with Gasteiger partial charge in [0.05, 0.1) is 34.4 Å². The van der Waals surface area contributed by atoms with E-state index in [4.69, 9.17) is 14.4 Å². The molecule has 2 aliphatic heterocycles. The van der Waals surface area contributed by atoms with Crippen LogP contribution in [0.1, 0.15) is 184 Å². The van der Waals surface area contributed by atoms with Crippen LogP contribution in [0.25, 0.3) is 0 Å². The highest BCUT2D eigenvalue weighted by Crippen LogP contribution is 2.54. The summed E-state index contributed by atoms with van der Waals surface area (Å²) in [6, 6.07) is 0. The van der Waals surface area contributed by atoms with E-state index in [0.717, 1.165) is 77.0 Å². The second-order valence-corrected chi connectivity index (χ2v) is 14.1. The summed E-state index contributed by atoms with van der Waals surface area (Å²) in [5.74, 6) is 0. The normalized spacial score (nSPS) is 23.3. The van der Waals surface area contributed by atoms with E-state index in [2.05, 4.69) is 65.5 Å². The van der Waals surface area contributed by atoms with Crippen LogP contribution in [0.5, 0.6) is 0 Å². The highest BCUT2D eigenvalue weighted by atomic mass is 16.8. The number of hydrogen-bond donors (Lipinski definition) is 0. The molecule has 2 rings (SSSR count). The van der Waals surface area contributed by atoms with Crippen LogP contribution in [-0.4, -0.2) is 58.7 Å². The highest BCUT2D eigenvalue weighted by molar-refractivity contribution is 5.08. The Morgan fingerprint density at radius 2 is 0.610 bits per heavy atom. The third-order valence-corrected chi connectivity index (χ3v) is 10.7. The van der Waals surface area contributed by atoms with Gasteiger partial charge in [-0.1, -0.05) is 107 Å². The van der Waals surface area contributed by atoms with Crippen LogP contribution < -0.4 is 0 Å². The van der Waals surface area contributed by atoms with Crippen LogP contribution in [0, 0.1) is 0 Å². The lowest BCUT2D eigenvalue weighted by atomic mass is 9.69. The number of rotatable bonds is 20. The summed E-state index contributed by atoms with van der Waals surface area (Å²) in [5, 5.41) is 5.39. The van der Waals surface area contributed by atoms with Gasteiger partial charge in [0.1, 0.15) is 0 Å². The Hall–Kier alpha value is -0.200. The summed E-state index contributed by atoms with van der Waals surface area (Å²) in [6.07, 6.45) is 23.5. The Bertz CT molecular complexity index is 579. The summed E-state index contributed by atoms with van der Waals surface area (Å²) in [5.41, 5.74) is -0.0587. The number of hydroxylamine groups is 4. The van der Waals surface area contributed by atoms with E-state index in [-0.39, 0.29) is 34.4 Å². The van der Waals surface area contributed by atoms with Crippen LogP contribution in [0.3, 0.4) is 0 Å². The first kappa shape index (κ1) is 37.0. The van der Waals surface area contributed by atoms with E-state index in [9.17, 15) is 0 Å². The Morgan fingerprint density at radius 1 is 0.415 bits per heavy atom. The molecule has 5 nitrogen and oxygen atoms in total. The van der Waals surface area contributed by atoms with Gasteiger partial charge in [0.15, 0.2) is 0 Å². The zero-order valence-corrected chi connectivity index (χ0v) is 29.4. The van der Waals surface area contributed by atoms with E-state index in [1.165, 1.54) is 51.4 Å². The molecule has 0 aromatic heterocycles. The van der Waals surface area contributed by atoms with Crippen molar-refractivity contribution in [3.8, 4) is 0 Å². The summed E-state index contributed by atoms with van der Waals surface area (Å²) >= 11 is 0. The van der Waals surface area contributed by atoms with Crippen molar-refractivity contribution < 1.29 is 14.4 Å². The number of ether oxygens (including phenoxy) is 2. The fraction of sp³-hybridized carbons (Fsp3) is 1.00. The van der Waals surface area contributed by atoms with Gasteiger partial charge in [0.2, 0.25) is 0 Å². The lowest BCUT2D eigenvalue weighted by Gasteiger charge is -2.65. The molecule has 0 aromatic rings. The second kappa shape index (κ2) is 17.3. The maximum Gasteiger partial charge on any atom is 0.0608 e. The summed E-state index contributed by atoms with van der Waals surface area (Å²) < 4.78 is 12.6. The molecule has 2 fully saturated rings. The molecule has 0 aliphatic carbocycles.